The Hall–Kier alpha value is -1.07. The molecule has 1 aliphatic rings. The molecule has 4 nitrogen and oxygen atoms in total. The van der Waals surface area contributed by atoms with Gasteiger partial charge in [0.2, 0.25) is 0 Å². The first kappa shape index (κ1) is 12.4. The third-order valence-corrected chi connectivity index (χ3v) is 5.12. The van der Waals surface area contributed by atoms with E-state index in [0.717, 1.165) is 11.3 Å². The van der Waals surface area contributed by atoms with E-state index in [1.807, 2.05) is 24.3 Å². The highest BCUT2D eigenvalue weighted by Crippen LogP contribution is 2.34. The number of rotatable bonds is 3. The van der Waals surface area contributed by atoms with Gasteiger partial charge in [-0.3, -0.25) is 0 Å². The van der Waals surface area contributed by atoms with Crippen LogP contribution in [0.15, 0.2) is 24.3 Å². The van der Waals surface area contributed by atoms with Crippen LogP contribution in [0.2, 0.25) is 0 Å². The van der Waals surface area contributed by atoms with Crippen molar-refractivity contribution in [1.82, 2.24) is 0 Å². The molecule has 0 radical (unpaired) electrons. The Bertz CT molecular complexity index is 481. The van der Waals surface area contributed by atoms with Crippen LogP contribution in [0.3, 0.4) is 0 Å². The van der Waals surface area contributed by atoms with E-state index >= 15 is 0 Å². The third kappa shape index (κ3) is 2.61. The molecule has 2 unspecified atom stereocenters. The Kier molecular flexibility index (Phi) is 3.40. The van der Waals surface area contributed by atoms with Gasteiger partial charge < -0.3 is 10.5 Å². The average Bonchev–Trinajstić information content (AvgIpc) is 2.65. The lowest BCUT2D eigenvalue weighted by molar-refractivity contribution is 0.414. The van der Waals surface area contributed by atoms with Crippen LogP contribution in [0.4, 0.5) is 0 Å². The summed E-state index contributed by atoms with van der Waals surface area (Å²) in [6, 6.07) is 7.56. The number of ether oxygens (including phenoxy) is 1. The molecule has 0 aromatic heterocycles. The summed E-state index contributed by atoms with van der Waals surface area (Å²) in [4.78, 5) is 0. The quantitative estimate of drug-likeness (QED) is 0.866. The Morgan fingerprint density at radius 1 is 1.29 bits per heavy atom. The summed E-state index contributed by atoms with van der Waals surface area (Å²) in [6.45, 7) is 0.413. The van der Waals surface area contributed by atoms with Crippen LogP contribution in [0.25, 0.3) is 0 Å². The molecule has 2 atom stereocenters. The summed E-state index contributed by atoms with van der Waals surface area (Å²) in [5.41, 5.74) is 6.68. The van der Waals surface area contributed by atoms with Crippen molar-refractivity contribution in [2.24, 2.45) is 11.7 Å². The zero-order chi connectivity index (χ0) is 12.5. The molecule has 0 saturated carbocycles. The fraction of sp³-hybridized carbons (Fsp3) is 0.500. The van der Waals surface area contributed by atoms with Crippen LogP contribution in [-0.4, -0.2) is 33.6 Å². The molecule has 5 heteroatoms. The molecular weight excluding hydrogens is 238 g/mol. The molecule has 94 valence electrons. The zero-order valence-electron chi connectivity index (χ0n) is 9.80. The fourth-order valence-corrected chi connectivity index (χ4v) is 4.54. The van der Waals surface area contributed by atoms with E-state index in [1.54, 1.807) is 7.11 Å². The first-order valence-corrected chi connectivity index (χ1v) is 7.42. The molecule has 1 aliphatic heterocycles. The highest BCUT2D eigenvalue weighted by atomic mass is 32.2. The summed E-state index contributed by atoms with van der Waals surface area (Å²) in [5, 5.41) is 0. The van der Waals surface area contributed by atoms with Gasteiger partial charge in [0.05, 0.1) is 18.6 Å². The summed E-state index contributed by atoms with van der Waals surface area (Å²) in [6.07, 6.45) is 0. The average molecular weight is 255 g/mol. The smallest absolute Gasteiger partial charge is 0.151 e. The van der Waals surface area contributed by atoms with Gasteiger partial charge in [0.25, 0.3) is 0 Å². The molecule has 0 amide bonds. The van der Waals surface area contributed by atoms with Gasteiger partial charge in [-0.1, -0.05) is 12.1 Å². The van der Waals surface area contributed by atoms with E-state index in [2.05, 4.69) is 0 Å². The molecule has 1 heterocycles. The van der Waals surface area contributed by atoms with E-state index in [9.17, 15) is 8.42 Å². The second-order valence-corrected chi connectivity index (χ2v) is 6.61. The molecule has 1 saturated heterocycles. The fourth-order valence-electron chi connectivity index (χ4n) is 2.37. The predicted molar refractivity (Wildman–Crippen MR) is 66.9 cm³/mol. The van der Waals surface area contributed by atoms with Gasteiger partial charge in [-0.25, -0.2) is 8.42 Å². The van der Waals surface area contributed by atoms with Crippen LogP contribution in [0.1, 0.15) is 11.5 Å². The minimum atomic E-state index is -2.93. The number of sulfone groups is 1. The van der Waals surface area contributed by atoms with Gasteiger partial charge >= 0.3 is 0 Å². The number of methoxy groups -OCH3 is 1. The van der Waals surface area contributed by atoms with Gasteiger partial charge in [-0.2, -0.15) is 0 Å². The van der Waals surface area contributed by atoms with Gasteiger partial charge in [0.15, 0.2) is 9.84 Å². The highest BCUT2D eigenvalue weighted by Gasteiger charge is 2.37. The van der Waals surface area contributed by atoms with Crippen molar-refractivity contribution in [2.45, 2.75) is 5.92 Å². The number of hydrogen-bond acceptors (Lipinski definition) is 4. The Labute approximate surface area is 102 Å². The van der Waals surface area contributed by atoms with Crippen LogP contribution >= 0.6 is 0 Å². The second kappa shape index (κ2) is 4.66. The van der Waals surface area contributed by atoms with Crippen molar-refractivity contribution in [3.05, 3.63) is 29.8 Å². The standard InChI is InChI=1S/C12H17NO3S/c1-16-11-4-2-9(3-5-11)12-8-17(14,15)7-10(12)6-13/h2-5,10,12H,6-8,13H2,1H3. The van der Waals surface area contributed by atoms with Gasteiger partial charge in [-0.05, 0) is 30.2 Å². The van der Waals surface area contributed by atoms with E-state index < -0.39 is 9.84 Å². The van der Waals surface area contributed by atoms with Crippen molar-refractivity contribution in [3.8, 4) is 5.75 Å². The lowest BCUT2D eigenvalue weighted by Crippen LogP contribution is -2.20. The first-order chi connectivity index (χ1) is 8.05. The van der Waals surface area contributed by atoms with Crippen LogP contribution < -0.4 is 10.5 Å². The Morgan fingerprint density at radius 3 is 2.47 bits per heavy atom. The maximum Gasteiger partial charge on any atom is 0.151 e. The zero-order valence-corrected chi connectivity index (χ0v) is 10.6. The molecule has 17 heavy (non-hydrogen) atoms. The van der Waals surface area contributed by atoms with Gasteiger partial charge in [0, 0.05) is 5.92 Å². The van der Waals surface area contributed by atoms with Crippen molar-refractivity contribution >= 4 is 9.84 Å². The van der Waals surface area contributed by atoms with Crippen molar-refractivity contribution in [3.63, 3.8) is 0 Å². The van der Waals surface area contributed by atoms with Crippen molar-refractivity contribution < 1.29 is 13.2 Å². The first-order valence-electron chi connectivity index (χ1n) is 5.60. The molecule has 2 N–H and O–H groups in total. The number of benzene rings is 1. The number of nitrogens with two attached hydrogens (primary N) is 1. The second-order valence-electron chi connectivity index (χ2n) is 4.45. The van der Waals surface area contributed by atoms with Crippen molar-refractivity contribution in [2.75, 3.05) is 25.2 Å². The van der Waals surface area contributed by atoms with Crippen LogP contribution in [0.5, 0.6) is 5.75 Å². The molecule has 1 aromatic carbocycles. The Balaban J connectivity index is 2.26. The third-order valence-electron chi connectivity index (χ3n) is 3.32. The molecule has 0 spiro atoms. The molecule has 2 rings (SSSR count). The highest BCUT2D eigenvalue weighted by molar-refractivity contribution is 7.91. The normalized spacial score (nSPS) is 26.9. The summed E-state index contributed by atoms with van der Waals surface area (Å²) in [5.74, 6) is 1.25. The van der Waals surface area contributed by atoms with Gasteiger partial charge in [-0.15, -0.1) is 0 Å². The maximum atomic E-state index is 11.6. The predicted octanol–water partition coefficient (Wildman–Crippen LogP) is 0.782. The molecule has 1 fully saturated rings. The molecule has 1 aromatic rings. The largest absolute Gasteiger partial charge is 0.497 e. The van der Waals surface area contributed by atoms with Crippen LogP contribution in [-0.2, 0) is 9.84 Å². The molecule has 0 bridgehead atoms. The number of hydrogen-bond donors (Lipinski definition) is 1. The van der Waals surface area contributed by atoms with E-state index in [1.165, 1.54) is 0 Å². The summed E-state index contributed by atoms with van der Waals surface area (Å²) in [7, 11) is -1.32. The Morgan fingerprint density at radius 2 is 1.94 bits per heavy atom. The van der Waals surface area contributed by atoms with E-state index in [-0.39, 0.29) is 23.3 Å². The molecular formula is C12H17NO3S. The molecule has 0 aliphatic carbocycles. The SMILES string of the molecule is COc1ccc(C2CS(=O)(=O)CC2CN)cc1. The maximum absolute atomic E-state index is 11.6. The van der Waals surface area contributed by atoms with E-state index in [0.29, 0.717) is 6.54 Å². The van der Waals surface area contributed by atoms with E-state index in [4.69, 9.17) is 10.5 Å². The minimum Gasteiger partial charge on any atom is -0.497 e. The van der Waals surface area contributed by atoms with Crippen molar-refractivity contribution in [1.29, 1.82) is 0 Å². The topological polar surface area (TPSA) is 69.4 Å². The summed E-state index contributed by atoms with van der Waals surface area (Å²) < 4.78 is 28.3. The minimum absolute atomic E-state index is 0.0240. The van der Waals surface area contributed by atoms with Gasteiger partial charge in [0.1, 0.15) is 5.75 Å². The summed E-state index contributed by atoms with van der Waals surface area (Å²) >= 11 is 0. The van der Waals surface area contributed by atoms with Crippen LogP contribution in [0, 0.1) is 5.92 Å². The lowest BCUT2D eigenvalue weighted by Gasteiger charge is -2.16. The monoisotopic (exact) mass is 255 g/mol. The lowest BCUT2D eigenvalue weighted by atomic mass is 9.89.